The fraction of sp³-hybridized carbons (Fsp3) is 0.667. The van der Waals surface area contributed by atoms with E-state index in [0.717, 1.165) is 11.0 Å². The van der Waals surface area contributed by atoms with Gasteiger partial charge in [0.15, 0.2) is 5.82 Å². The summed E-state index contributed by atoms with van der Waals surface area (Å²) in [6.45, 7) is 0.444. The van der Waals surface area contributed by atoms with E-state index in [-0.39, 0.29) is 50.1 Å². The van der Waals surface area contributed by atoms with Crippen LogP contribution in [0.2, 0.25) is 0 Å². The zero-order chi connectivity index (χ0) is 26.6. The number of carboxylic acid groups (broad SMARTS) is 1. The van der Waals surface area contributed by atoms with Gasteiger partial charge in [-0.1, -0.05) is 0 Å². The number of nitrogens with zero attached hydrogens (tertiary/aromatic N) is 6. The fourth-order valence-corrected chi connectivity index (χ4v) is 3.52. The molecule has 1 saturated heterocycles. The first-order valence-corrected chi connectivity index (χ1v) is 10.2. The summed E-state index contributed by atoms with van der Waals surface area (Å²) in [6.07, 6.45) is -8.24. The van der Waals surface area contributed by atoms with Crippen molar-refractivity contribution in [1.29, 1.82) is 5.26 Å². The largest absolute Gasteiger partial charge is 0.490 e. The Morgan fingerprint density at radius 2 is 1.77 bits per heavy atom. The number of carbonyl (C=O) groups is 3. The van der Waals surface area contributed by atoms with Crippen molar-refractivity contribution in [3.63, 3.8) is 0 Å². The van der Waals surface area contributed by atoms with Crippen LogP contribution in [0.4, 0.5) is 26.3 Å². The van der Waals surface area contributed by atoms with E-state index in [1.807, 2.05) is 0 Å². The lowest BCUT2D eigenvalue weighted by Gasteiger charge is -2.28. The second-order valence-electron chi connectivity index (χ2n) is 7.67. The summed E-state index contributed by atoms with van der Waals surface area (Å²) < 4.78 is 71.3. The van der Waals surface area contributed by atoms with Gasteiger partial charge in [-0.2, -0.15) is 31.6 Å². The lowest BCUT2D eigenvalue weighted by Crippen LogP contribution is -2.46. The second kappa shape index (κ2) is 10.9. The van der Waals surface area contributed by atoms with E-state index in [9.17, 15) is 35.9 Å². The van der Waals surface area contributed by atoms with Crippen LogP contribution in [0.25, 0.3) is 0 Å². The smallest absolute Gasteiger partial charge is 0.475 e. The van der Waals surface area contributed by atoms with Gasteiger partial charge in [-0.05, 0) is 19.3 Å². The number of carbonyl (C=O) groups excluding carboxylic acids is 2. The van der Waals surface area contributed by atoms with Gasteiger partial charge in [0, 0.05) is 26.1 Å². The summed E-state index contributed by atoms with van der Waals surface area (Å²) in [6, 6.07) is 0.687. The molecule has 0 spiro atoms. The number of hydrogen-bond acceptors (Lipinski definition) is 7. The number of nitrogens with two attached hydrogens (primary N) is 1. The van der Waals surface area contributed by atoms with Crippen LogP contribution in [0.5, 0.6) is 0 Å². The molecule has 1 fully saturated rings. The molecule has 3 N–H and O–H groups in total. The molecule has 3 heterocycles. The Morgan fingerprint density at radius 1 is 1.14 bits per heavy atom. The van der Waals surface area contributed by atoms with Crippen LogP contribution < -0.4 is 5.73 Å². The third-order valence-electron chi connectivity index (χ3n) is 5.27. The maximum atomic E-state index is 12.9. The van der Waals surface area contributed by atoms with E-state index in [1.54, 1.807) is 0 Å². The highest BCUT2D eigenvalue weighted by molar-refractivity contribution is 5.84. The standard InChI is InChI=1S/C16H20F3N7O2.C2HF3O2/c17-16(18,19)15-23-22-12-9-24(6-7-26(12)15)13(27)4-3-11(21)14(28)25-5-1-2-10(25)8-20;3-2(4,5)1(6)7/h10-11H,1-7,9,21H2;(H,6,7)/t10-,11-;/m0./s1. The third-order valence-corrected chi connectivity index (χ3v) is 5.27. The van der Waals surface area contributed by atoms with Gasteiger partial charge >= 0.3 is 18.3 Å². The van der Waals surface area contributed by atoms with Gasteiger partial charge in [-0.25, -0.2) is 4.79 Å². The lowest BCUT2D eigenvalue weighted by molar-refractivity contribution is -0.192. The average Bonchev–Trinajstić information content (AvgIpc) is 3.42. The van der Waals surface area contributed by atoms with Crippen LogP contribution in [-0.4, -0.2) is 78.8 Å². The Balaban J connectivity index is 0.000000540. The number of likely N-dealkylation sites (tertiary alicyclic amines) is 1. The van der Waals surface area contributed by atoms with E-state index in [1.165, 1.54) is 9.80 Å². The fourth-order valence-electron chi connectivity index (χ4n) is 3.52. The summed E-state index contributed by atoms with van der Waals surface area (Å²) in [7, 11) is 0. The number of alkyl halides is 6. The highest BCUT2D eigenvalue weighted by atomic mass is 19.4. The van der Waals surface area contributed by atoms with Gasteiger partial charge in [0.2, 0.25) is 17.6 Å². The van der Waals surface area contributed by atoms with E-state index in [0.29, 0.717) is 13.0 Å². The Hall–Kier alpha value is -3.42. The van der Waals surface area contributed by atoms with Gasteiger partial charge in [0.1, 0.15) is 6.04 Å². The molecular formula is C18H21F6N7O4. The lowest BCUT2D eigenvalue weighted by atomic mass is 10.1. The summed E-state index contributed by atoms with van der Waals surface area (Å²) in [5, 5.41) is 22.9. The van der Waals surface area contributed by atoms with Crippen LogP contribution in [0.3, 0.4) is 0 Å². The van der Waals surface area contributed by atoms with E-state index in [4.69, 9.17) is 20.9 Å². The summed E-state index contributed by atoms with van der Waals surface area (Å²) >= 11 is 0. The van der Waals surface area contributed by atoms with Crippen molar-refractivity contribution in [3.05, 3.63) is 11.6 Å². The number of carboxylic acids is 1. The van der Waals surface area contributed by atoms with Crippen LogP contribution >= 0.6 is 0 Å². The molecule has 0 radical (unpaired) electrons. The van der Waals surface area contributed by atoms with Crippen LogP contribution in [0.15, 0.2) is 0 Å². The van der Waals surface area contributed by atoms with Gasteiger partial charge in [0.25, 0.3) is 0 Å². The van der Waals surface area contributed by atoms with Crippen molar-refractivity contribution in [1.82, 2.24) is 24.6 Å². The van der Waals surface area contributed by atoms with Crippen molar-refractivity contribution in [2.75, 3.05) is 13.1 Å². The third kappa shape index (κ3) is 7.04. The number of fused-ring (bicyclic) bond motifs is 1. The molecule has 2 aliphatic heterocycles. The van der Waals surface area contributed by atoms with Gasteiger partial charge in [-0.3, -0.25) is 9.59 Å². The molecule has 1 aromatic rings. The summed E-state index contributed by atoms with van der Waals surface area (Å²) in [5.41, 5.74) is 5.90. The molecule has 35 heavy (non-hydrogen) atoms. The molecule has 17 heteroatoms. The minimum Gasteiger partial charge on any atom is -0.475 e. The summed E-state index contributed by atoms with van der Waals surface area (Å²) in [5.74, 6) is -4.43. The normalized spacial score (nSPS) is 18.7. The minimum atomic E-state index is -5.08. The van der Waals surface area contributed by atoms with Crippen molar-refractivity contribution in [2.45, 2.75) is 63.2 Å². The number of hydrogen-bond donors (Lipinski definition) is 2. The molecule has 2 amide bonds. The second-order valence-corrected chi connectivity index (χ2v) is 7.67. The predicted octanol–water partition coefficient (Wildman–Crippen LogP) is 0.894. The minimum absolute atomic E-state index is 0.0156. The molecule has 1 aromatic heterocycles. The SMILES string of the molecule is N#C[C@@H]1CCCN1C(=O)[C@@H](N)CCC(=O)N1CCn2c(nnc2C(F)(F)F)C1.O=C(O)C(F)(F)F. The molecule has 3 rings (SSSR count). The average molecular weight is 513 g/mol. The molecule has 0 unspecified atom stereocenters. The highest BCUT2D eigenvalue weighted by Gasteiger charge is 2.40. The van der Waals surface area contributed by atoms with E-state index >= 15 is 0 Å². The topological polar surface area (TPSA) is 158 Å². The molecule has 0 saturated carbocycles. The van der Waals surface area contributed by atoms with Gasteiger partial charge < -0.3 is 25.2 Å². The number of aromatic nitrogens is 3. The van der Waals surface area contributed by atoms with Crippen LogP contribution in [0.1, 0.15) is 37.3 Å². The maximum Gasteiger partial charge on any atom is 0.490 e. The van der Waals surface area contributed by atoms with Crippen LogP contribution in [-0.2, 0) is 33.6 Å². The number of aliphatic carboxylic acids is 1. The molecule has 2 aliphatic rings. The Bertz CT molecular complexity index is 987. The molecular weight excluding hydrogens is 492 g/mol. The number of amides is 2. The van der Waals surface area contributed by atoms with Crippen LogP contribution in [0, 0.1) is 11.3 Å². The predicted molar refractivity (Wildman–Crippen MR) is 102 cm³/mol. The monoisotopic (exact) mass is 513 g/mol. The number of halogens is 6. The molecule has 0 bridgehead atoms. The van der Waals surface area contributed by atoms with Gasteiger partial charge in [0.05, 0.1) is 18.7 Å². The Kier molecular flexibility index (Phi) is 8.65. The van der Waals surface area contributed by atoms with Crippen molar-refractivity contribution < 1.29 is 45.8 Å². The first kappa shape index (κ1) is 27.8. The van der Waals surface area contributed by atoms with Crippen molar-refractivity contribution in [2.24, 2.45) is 5.73 Å². The maximum absolute atomic E-state index is 12.9. The van der Waals surface area contributed by atoms with Crippen molar-refractivity contribution in [3.8, 4) is 6.07 Å². The van der Waals surface area contributed by atoms with E-state index < -0.39 is 36.2 Å². The van der Waals surface area contributed by atoms with Crippen molar-refractivity contribution >= 4 is 17.8 Å². The highest BCUT2D eigenvalue weighted by Crippen LogP contribution is 2.29. The zero-order valence-corrected chi connectivity index (χ0v) is 18.0. The molecule has 11 nitrogen and oxygen atoms in total. The number of nitriles is 1. The molecule has 0 aromatic carbocycles. The first-order chi connectivity index (χ1) is 16.2. The summed E-state index contributed by atoms with van der Waals surface area (Å²) in [4.78, 5) is 36.5. The van der Waals surface area contributed by atoms with Gasteiger partial charge in [-0.15, -0.1) is 10.2 Å². The zero-order valence-electron chi connectivity index (χ0n) is 18.0. The first-order valence-electron chi connectivity index (χ1n) is 10.2. The quantitative estimate of drug-likeness (QED) is 0.562. The Morgan fingerprint density at radius 3 is 2.31 bits per heavy atom. The molecule has 0 aliphatic carbocycles. The Labute approximate surface area is 194 Å². The molecule has 194 valence electrons. The van der Waals surface area contributed by atoms with E-state index in [2.05, 4.69) is 16.3 Å². The number of rotatable bonds is 4. The molecule has 2 atom stereocenters.